The molecule has 31 heavy (non-hydrogen) atoms. The number of fused-ring (bicyclic) bond motifs is 1. The van der Waals surface area contributed by atoms with Crippen LogP contribution in [0.15, 0.2) is 42.9 Å². The normalized spacial score (nSPS) is 14.2. The molecule has 0 bridgehead atoms. The highest BCUT2D eigenvalue weighted by atomic mass is 16.5. The molecular formula is C22H21N7O2. The van der Waals surface area contributed by atoms with Gasteiger partial charge in [0.15, 0.2) is 0 Å². The molecule has 4 aromatic rings. The van der Waals surface area contributed by atoms with Crippen LogP contribution in [0.25, 0.3) is 33.4 Å². The van der Waals surface area contributed by atoms with E-state index in [-0.39, 0.29) is 5.69 Å². The monoisotopic (exact) mass is 415 g/mol. The molecule has 3 N–H and O–H groups in total. The van der Waals surface area contributed by atoms with Gasteiger partial charge in [-0.15, -0.1) is 0 Å². The zero-order valence-electron chi connectivity index (χ0n) is 17.0. The maximum atomic E-state index is 11.6. The van der Waals surface area contributed by atoms with Crippen molar-refractivity contribution in [3.63, 3.8) is 0 Å². The van der Waals surface area contributed by atoms with Crippen LogP contribution >= 0.6 is 0 Å². The molecule has 5 rings (SSSR count). The Balaban J connectivity index is 1.75. The first-order chi connectivity index (χ1) is 15.1. The van der Waals surface area contributed by atoms with Crippen LogP contribution in [-0.2, 0) is 4.74 Å². The number of pyridine rings is 3. The highest BCUT2D eigenvalue weighted by molar-refractivity contribution is 6.02. The molecule has 0 aromatic carbocycles. The standard InChI is InChI=1S/C22H21N7O2/c1-13-10-14(12-25-19(13)22(23)30)16-11-18(29-6-8-31-9-7-29)27-20-15(16)2-4-24-21(20)17-3-5-26-28-17/h2-5,10-12H,6-9H2,1H3,(H2,23,30)(H,26,28). The molecule has 9 heteroatoms. The first-order valence-electron chi connectivity index (χ1n) is 10.0. The van der Waals surface area contributed by atoms with Crippen molar-refractivity contribution >= 4 is 22.6 Å². The second kappa shape index (κ2) is 7.77. The molecule has 1 aliphatic heterocycles. The molecule has 1 amide bonds. The van der Waals surface area contributed by atoms with Gasteiger partial charge in [-0.2, -0.15) is 5.10 Å². The molecule has 1 fully saturated rings. The molecule has 9 nitrogen and oxygen atoms in total. The highest BCUT2D eigenvalue weighted by Crippen LogP contribution is 2.35. The lowest BCUT2D eigenvalue weighted by Gasteiger charge is -2.28. The highest BCUT2D eigenvalue weighted by Gasteiger charge is 2.19. The molecule has 1 saturated heterocycles. The minimum Gasteiger partial charge on any atom is -0.378 e. The number of hydrogen-bond acceptors (Lipinski definition) is 7. The summed E-state index contributed by atoms with van der Waals surface area (Å²) in [5, 5.41) is 7.98. The lowest BCUT2D eigenvalue weighted by molar-refractivity contribution is 0.0995. The number of aryl methyl sites for hydroxylation is 1. The van der Waals surface area contributed by atoms with E-state index in [1.54, 1.807) is 18.6 Å². The van der Waals surface area contributed by atoms with Gasteiger partial charge >= 0.3 is 0 Å². The van der Waals surface area contributed by atoms with Gasteiger partial charge in [-0.1, -0.05) is 0 Å². The third kappa shape index (κ3) is 3.49. The van der Waals surface area contributed by atoms with E-state index in [0.717, 1.165) is 57.9 Å². The van der Waals surface area contributed by atoms with Crippen molar-refractivity contribution in [3.8, 4) is 22.5 Å². The number of nitrogens with zero attached hydrogens (tertiary/aromatic N) is 5. The molecule has 0 unspecified atom stereocenters. The van der Waals surface area contributed by atoms with Crippen LogP contribution in [0.3, 0.4) is 0 Å². The third-order valence-corrected chi connectivity index (χ3v) is 5.43. The fourth-order valence-electron chi connectivity index (χ4n) is 3.90. The Hall–Kier alpha value is -3.85. The van der Waals surface area contributed by atoms with Crippen LogP contribution in [0.2, 0.25) is 0 Å². The van der Waals surface area contributed by atoms with E-state index in [2.05, 4.69) is 31.1 Å². The molecule has 0 saturated carbocycles. The number of amides is 1. The Morgan fingerprint density at radius 1 is 1.16 bits per heavy atom. The summed E-state index contributed by atoms with van der Waals surface area (Å²) in [6.07, 6.45) is 5.13. The number of primary amides is 1. The van der Waals surface area contributed by atoms with Crippen molar-refractivity contribution in [2.75, 3.05) is 31.2 Å². The fraction of sp³-hybridized carbons (Fsp3) is 0.227. The predicted octanol–water partition coefficient (Wildman–Crippen LogP) is 2.33. The lowest BCUT2D eigenvalue weighted by Crippen LogP contribution is -2.36. The Labute approximate surface area is 178 Å². The van der Waals surface area contributed by atoms with Crippen molar-refractivity contribution in [1.82, 2.24) is 25.1 Å². The zero-order valence-corrected chi connectivity index (χ0v) is 17.0. The van der Waals surface area contributed by atoms with Crippen molar-refractivity contribution in [2.45, 2.75) is 6.92 Å². The number of H-pyrrole nitrogens is 1. The second-order valence-electron chi connectivity index (χ2n) is 7.41. The van der Waals surface area contributed by atoms with Gasteiger partial charge in [0.1, 0.15) is 22.7 Å². The predicted molar refractivity (Wildman–Crippen MR) is 117 cm³/mol. The number of rotatable bonds is 4. The van der Waals surface area contributed by atoms with Crippen LogP contribution in [0, 0.1) is 6.92 Å². The first kappa shape index (κ1) is 19.1. The summed E-state index contributed by atoms with van der Waals surface area (Å²) in [5.74, 6) is 0.305. The quantitative estimate of drug-likeness (QED) is 0.524. The van der Waals surface area contributed by atoms with Gasteiger partial charge in [0.25, 0.3) is 5.91 Å². The number of nitrogens with one attached hydrogen (secondary N) is 1. The Kier molecular flexibility index (Phi) is 4.79. The van der Waals surface area contributed by atoms with Gasteiger partial charge in [-0.25, -0.2) is 4.98 Å². The summed E-state index contributed by atoms with van der Waals surface area (Å²) in [6.45, 7) is 4.67. The SMILES string of the molecule is Cc1cc(-c2cc(N3CCOCC3)nc3c(-c4ccn[nH]4)nccc23)cnc1C(N)=O. The summed E-state index contributed by atoms with van der Waals surface area (Å²) in [6, 6.07) is 7.81. The van der Waals surface area contributed by atoms with Gasteiger partial charge in [-0.3, -0.25) is 19.9 Å². The number of carbonyl (C=O) groups is 1. The summed E-state index contributed by atoms with van der Waals surface area (Å²) in [7, 11) is 0. The Morgan fingerprint density at radius 2 is 2.00 bits per heavy atom. The number of ether oxygens (including phenoxy) is 1. The van der Waals surface area contributed by atoms with Crippen molar-refractivity contribution in [3.05, 3.63) is 54.1 Å². The van der Waals surface area contributed by atoms with Gasteiger partial charge in [-0.05, 0) is 42.3 Å². The summed E-state index contributed by atoms with van der Waals surface area (Å²) in [5.41, 5.74) is 10.6. The molecule has 0 atom stereocenters. The minimum atomic E-state index is -0.539. The number of anilines is 1. The Morgan fingerprint density at radius 3 is 2.71 bits per heavy atom. The summed E-state index contributed by atoms with van der Waals surface area (Å²) in [4.78, 5) is 27.7. The maximum absolute atomic E-state index is 11.6. The molecule has 0 aliphatic carbocycles. The van der Waals surface area contributed by atoms with Gasteiger partial charge in [0, 0.05) is 42.6 Å². The van der Waals surface area contributed by atoms with Crippen molar-refractivity contribution in [2.24, 2.45) is 5.73 Å². The fourth-order valence-corrected chi connectivity index (χ4v) is 3.90. The number of aromatic nitrogens is 5. The minimum absolute atomic E-state index is 0.273. The van der Waals surface area contributed by atoms with E-state index in [0.29, 0.717) is 13.2 Å². The zero-order chi connectivity index (χ0) is 21.4. The van der Waals surface area contributed by atoms with Crippen molar-refractivity contribution < 1.29 is 9.53 Å². The first-order valence-corrected chi connectivity index (χ1v) is 10.0. The van der Waals surface area contributed by atoms with Crippen LogP contribution in [0.5, 0.6) is 0 Å². The van der Waals surface area contributed by atoms with E-state index in [9.17, 15) is 4.79 Å². The topological polar surface area (TPSA) is 123 Å². The van der Waals surface area contributed by atoms with E-state index in [1.165, 1.54) is 0 Å². The summed E-state index contributed by atoms with van der Waals surface area (Å²) < 4.78 is 5.51. The van der Waals surface area contributed by atoms with Crippen LogP contribution in [0.1, 0.15) is 16.1 Å². The number of morpholine rings is 1. The van der Waals surface area contributed by atoms with Gasteiger partial charge in [0.05, 0.1) is 18.9 Å². The van der Waals surface area contributed by atoms with Gasteiger partial charge in [0.2, 0.25) is 0 Å². The van der Waals surface area contributed by atoms with E-state index in [1.807, 2.05) is 25.1 Å². The molecule has 1 aliphatic rings. The number of hydrogen-bond donors (Lipinski definition) is 2. The molecule has 4 aromatic heterocycles. The van der Waals surface area contributed by atoms with Gasteiger partial charge < -0.3 is 15.4 Å². The second-order valence-corrected chi connectivity index (χ2v) is 7.41. The van der Waals surface area contributed by atoms with E-state index < -0.39 is 5.91 Å². The van der Waals surface area contributed by atoms with Crippen molar-refractivity contribution in [1.29, 1.82) is 0 Å². The maximum Gasteiger partial charge on any atom is 0.267 e. The Bertz CT molecular complexity index is 1260. The van der Waals surface area contributed by atoms with E-state index >= 15 is 0 Å². The van der Waals surface area contributed by atoms with Crippen LogP contribution in [0.4, 0.5) is 5.82 Å². The molecular weight excluding hydrogens is 394 g/mol. The number of nitrogens with two attached hydrogens (primary N) is 1. The average Bonchev–Trinajstić information content (AvgIpc) is 3.33. The van der Waals surface area contributed by atoms with Crippen LogP contribution < -0.4 is 10.6 Å². The number of aromatic amines is 1. The molecule has 0 radical (unpaired) electrons. The summed E-state index contributed by atoms with van der Waals surface area (Å²) >= 11 is 0. The molecule has 156 valence electrons. The third-order valence-electron chi connectivity index (χ3n) is 5.43. The molecule has 5 heterocycles. The molecule has 0 spiro atoms. The smallest absolute Gasteiger partial charge is 0.267 e. The average molecular weight is 415 g/mol. The largest absolute Gasteiger partial charge is 0.378 e. The lowest BCUT2D eigenvalue weighted by atomic mass is 9.99. The van der Waals surface area contributed by atoms with Crippen LogP contribution in [-0.4, -0.2) is 57.4 Å². The number of carbonyl (C=O) groups excluding carboxylic acids is 1. The van der Waals surface area contributed by atoms with E-state index in [4.69, 9.17) is 15.5 Å².